The molecule has 2 rings (SSSR count). The van der Waals surface area contributed by atoms with E-state index in [9.17, 15) is 9.18 Å². The zero-order chi connectivity index (χ0) is 13.1. The Morgan fingerprint density at radius 2 is 2.28 bits per heavy atom. The molecule has 1 aliphatic heterocycles. The highest BCUT2D eigenvalue weighted by atomic mass is 19.1. The molecular weight excluding hydrogens is 231 g/mol. The first kappa shape index (κ1) is 13.0. The van der Waals surface area contributed by atoms with Crippen LogP contribution in [0.2, 0.25) is 0 Å². The second-order valence-corrected chi connectivity index (χ2v) is 5.03. The Bertz CT molecular complexity index is 447. The van der Waals surface area contributed by atoms with Gasteiger partial charge in [0.05, 0.1) is 5.56 Å². The maximum absolute atomic E-state index is 13.6. The van der Waals surface area contributed by atoms with Gasteiger partial charge in [-0.2, -0.15) is 0 Å². The first-order valence-corrected chi connectivity index (χ1v) is 6.35. The highest BCUT2D eigenvalue weighted by molar-refractivity contribution is 5.94. The number of carbonyl (C=O) groups excluding carboxylic acids is 1. The van der Waals surface area contributed by atoms with E-state index in [1.165, 1.54) is 6.07 Å². The maximum atomic E-state index is 13.6. The SMILES string of the molecule is Cc1ccc(F)c(C(=O)N[C@@H]2CNCC[C@H]2C)c1. The van der Waals surface area contributed by atoms with Gasteiger partial charge >= 0.3 is 0 Å². The van der Waals surface area contributed by atoms with Crippen molar-refractivity contribution in [2.24, 2.45) is 5.92 Å². The molecule has 1 aromatic rings. The molecule has 1 saturated heterocycles. The molecule has 2 N–H and O–H groups in total. The molecule has 1 aliphatic rings. The van der Waals surface area contributed by atoms with Gasteiger partial charge in [-0.25, -0.2) is 4.39 Å². The number of piperidine rings is 1. The summed E-state index contributed by atoms with van der Waals surface area (Å²) in [6.45, 7) is 5.69. The van der Waals surface area contributed by atoms with Gasteiger partial charge in [0.15, 0.2) is 0 Å². The summed E-state index contributed by atoms with van der Waals surface area (Å²) in [6, 6.07) is 4.67. The molecule has 1 heterocycles. The number of halogens is 1. The van der Waals surface area contributed by atoms with Crippen LogP contribution in [0.4, 0.5) is 4.39 Å². The Labute approximate surface area is 107 Å². The van der Waals surface area contributed by atoms with Crippen LogP contribution in [-0.2, 0) is 0 Å². The quantitative estimate of drug-likeness (QED) is 0.841. The fourth-order valence-corrected chi connectivity index (χ4v) is 2.24. The second-order valence-electron chi connectivity index (χ2n) is 5.03. The van der Waals surface area contributed by atoms with Crippen molar-refractivity contribution >= 4 is 5.91 Å². The topological polar surface area (TPSA) is 41.1 Å². The molecule has 1 fully saturated rings. The Morgan fingerprint density at radius 3 is 3.00 bits per heavy atom. The highest BCUT2D eigenvalue weighted by Crippen LogP contribution is 2.14. The fourth-order valence-electron chi connectivity index (χ4n) is 2.24. The Kier molecular flexibility index (Phi) is 3.97. The summed E-state index contributed by atoms with van der Waals surface area (Å²) >= 11 is 0. The van der Waals surface area contributed by atoms with Crippen molar-refractivity contribution < 1.29 is 9.18 Å². The van der Waals surface area contributed by atoms with E-state index in [-0.39, 0.29) is 17.5 Å². The van der Waals surface area contributed by atoms with Gasteiger partial charge in [-0.3, -0.25) is 4.79 Å². The lowest BCUT2D eigenvalue weighted by Gasteiger charge is -2.30. The molecule has 1 aromatic carbocycles. The van der Waals surface area contributed by atoms with Crippen molar-refractivity contribution in [3.05, 3.63) is 35.1 Å². The maximum Gasteiger partial charge on any atom is 0.254 e. The van der Waals surface area contributed by atoms with Crippen LogP contribution in [0.5, 0.6) is 0 Å². The van der Waals surface area contributed by atoms with Crippen LogP contribution in [0, 0.1) is 18.7 Å². The number of nitrogens with one attached hydrogen (secondary N) is 2. The summed E-state index contributed by atoms with van der Waals surface area (Å²) in [5.74, 6) is -0.366. The van der Waals surface area contributed by atoms with Crippen LogP contribution in [0.3, 0.4) is 0 Å². The summed E-state index contributed by atoms with van der Waals surface area (Å²) < 4.78 is 13.6. The third kappa shape index (κ3) is 2.88. The monoisotopic (exact) mass is 250 g/mol. The van der Waals surface area contributed by atoms with E-state index in [1.807, 2.05) is 6.92 Å². The number of benzene rings is 1. The molecule has 98 valence electrons. The van der Waals surface area contributed by atoms with Crippen LogP contribution in [-0.4, -0.2) is 25.0 Å². The third-order valence-electron chi connectivity index (χ3n) is 3.51. The normalized spacial score (nSPS) is 23.7. The summed E-state index contributed by atoms with van der Waals surface area (Å²) in [6.07, 6.45) is 1.03. The van der Waals surface area contributed by atoms with Crippen molar-refractivity contribution in [3.8, 4) is 0 Å². The molecule has 0 aliphatic carbocycles. The lowest BCUT2D eigenvalue weighted by atomic mass is 9.94. The predicted molar refractivity (Wildman–Crippen MR) is 69.0 cm³/mol. The first-order valence-electron chi connectivity index (χ1n) is 6.35. The van der Waals surface area contributed by atoms with Crippen LogP contribution in [0.25, 0.3) is 0 Å². The standard InChI is InChI=1S/C14H19FN2O/c1-9-3-4-12(15)11(7-9)14(18)17-13-8-16-6-5-10(13)2/h3-4,7,10,13,16H,5-6,8H2,1-2H3,(H,17,18)/t10-,13-/m1/s1. The van der Waals surface area contributed by atoms with E-state index < -0.39 is 5.82 Å². The van der Waals surface area contributed by atoms with Crippen LogP contribution in [0.1, 0.15) is 29.3 Å². The molecule has 1 amide bonds. The average molecular weight is 250 g/mol. The van der Waals surface area contributed by atoms with Crippen molar-refractivity contribution in [3.63, 3.8) is 0 Å². The van der Waals surface area contributed by atoms with E-state index in [4.69, 9.17) is 0 Å². The number of carbonyl (C=O) groups is 1. The largest absolute Gasteiger partial charge is 0.348 e. The zero-order valence-electron chi connectivity index (χ0n) is 10.8. The fraction of sp³-hybridized carbons (Fsp3) is 0.500. The first-order chi connectivity index (χ1) is 8.58. The van der Waals surface area contributed by atoms with E-state index in [0.717, 1.165) is 25.1 Å². The minimum absolute atomic E-state index is 0.0752. The number of amides is 1. The second kappa shape index (κ2) is 5.48. The molecular formula is C14H19FN2O. The van der Waals surface area contributed by atoms with Gasteiger partial charge in [0, 0.05) is 12.6 Å². The molecule has 2 atom stereocenters. The Morgan fingerprint density at radius 1 is 1.50 bits per heavy atom. The molecule has 0 radical (unpaired) electrons. The van der Waals surface area contributed by atoms with Crippen LogP contribution >= 0.6 is 0 Å². The number of hydrogen-bond donors (Lipinski definition) is 2. The van der Waals surface area contributed by atoms with Crippen LogP contribution < -0.4 is 10.6 Å². The van der Waals surface area contributed by atoms with Crippen molar-refractivity contribution in [1.82, 2.24) is 10.6 Å². The number of rotatable bonds is 2. The van der Waals surface area contributed by atoms with Crippen molar-refractivity contribution in [2.45, 2.75) is 26.3 Å². The molecule has 4 heteroatoms. The average Bonchev–Trinajstić information content (AvgIpc) is 2.35. The molecule has 0 aromatic heterocycles. The summed E-state index contributed by atoms with van der Waals surface area (Å²) in [5.41, 5.74) is 1.02. The molecule has 0 unspecified atom stereocenters. The number of aryl methyl sites for hydroxylation is 1. The van der Waals surface area contributed by atoms with Gasteiger partial charge in [-0.1, -0.05) is 18.6 Å². The molecule has 0 bridgehead atoms. The van der Waals surface area contributed by atoms with E-state index >= 15 is 0 Å². The lowest BCUT2D eigenvalue weighted by molar-refractivity contribution is 0.0911. The van der Waals surface area contributed by atoms with E-state index in [1.54, 1.807) is 12.1 Å². The Balaban J connectivity index is 2.09. The molecule has 3 nitrogen and oxygen atoms in total. The van der Waals surface area contributed by atoms with Gasteiger partial charge in [0.1, 0.15) is 5.82 Å². The van der Waals surface area contributed by atoms with Gasteiger partial charge < -0.3 is 10.6 Å². The van der Waals surface area contributed by atoms with Crippen molar-refractivity contribution in [2.75, 3.05) is 13.1 Å². The van der Waals surface area contributed by atoms with Gasteiger partial charge in [0.25, 0.3) is 5.91 Å². The predicted octanol–water partition coefficient (Wildman–Crippen LogP) is 1.86. The Hall–Kier alpha value is -1.42. The van der Waals surface area contributed by atoms with Gasteiger partial charge in [0.2, 0.25) is 0 Å². The smallest absolute Gasteiger partial charge is 0.254 e. The van der Waals surface area contributed by atoms with Gasteiger partial charge in [-0.15, -0.1) is 0 Å². The summed E-state index contributed by atoms with van der Waals surface area (Å²) in [7, 11) is 0. The van der Waals surface area contributed by atoms with E-state index in [0.29, 0.717) is 5.92 Å². The number of hydrogen-bond acceptors (Lipinski definition) is 2. The van der Waals surface area contributed by atoms with Gasteiger partial charge in [-0.05, 0) is 37.9 Å². The molecule has 0 saturated carbocycles. The molecule has 0 spiro atoms. The minimum atomic E-state index is -0.463. The molecule has 18 heavy (non-hydrogen) atoms. The lowest BCUT2D eigenvalue weighted by Crippen LogP contribution is -2.50. The minimum Gasteiger partial charge on any atom is -0.348 e. The third-order valence-corrected chi connectivity index (χ3v) is 3.51. The summed E-state index contributed by atoms with van der Waals surface area (Å²) in [5, 5.41) is 6.15. The summed E-state index contributed by atoms with van der Waals surface area (Å²) in [4.78, 5) is 12.1. The van der Waals surface area contributed by atoms with Crippen molar-refractivity contribution in [1.29, 1.82) is 0 Å². The van der Waals surface area contributed by atoms with Crippen LogP contribution in [0.15, 0.2) is 18.2 Å². The highest BCUT2D eigenvalue weighted by Gasteiger charge is 2.24. The zero-order valence-corrected chi connectivity index (χ0v) is 10.8. The van der Waals surface area contributed by atoms with E-state index in [2.05, 4.69) is 17.6 Å².